The van der Waals surface area contributed by atoms with Crippen LogP contribution in [0.25, 0.3) is 0 Å². The smallest absolute Gasteiger partial charge is 0.240 e. The van der Waals surface area contributed by atoms with Gasteiger partial charge in [0.05, 0.1) is 18.9 Å². The van der Waals surface area contributed by atoms with Gasteiger partial charge in [-0.15, -0.1) is 0 Å². The number of nitrogens with one attached hydrogen (secondary N) is 1. The second-order valence-electron chi connectivity index (χ2n) is 6.35. The lowest BCUT2D eigenvalue weighted by Gasteiger charge is -2.19. The van der Waals surface area contributed by atoms with Crippen molar-refractivity contribution in [1.29, 1.82) is 0 Å². The fourth-order valence-corrected chi connectivity index (χ4v) is 3.63. The van der Waals surface area contributed by atoms with Crippen LogP contribution < -0.4 is 10.1 Å². The van der Waals surface area contributed by atoms with Crippen molar-refractivity contribution in [3.8, 4) is 5.75 Å². The Kier molecular flexibility index (Phi) is 4.83. The van der Waals surface area contributed by atoms with Crippen molar-refractivity contribution in [2.24, 2.45) is 11.8 Å². The summed E-state index contributed by atoms with van der Waals surface area (Å²) in [6.45, 7) is 0.103. The van der Waals surface area contributed by atoms with Gasteiger partial charge in [-0.3, -0.25) is 19.3 Å². The summed E-state index contributed by atoms with van der Waals surface area (Å²) < 4.78 is 5.24. The summed E-state index contributed by atoms with van der Waals surface area (Å²) in [7, 11) is 1.57. The van der Waals surface area contributed by atoms with Crippen LogP contribution in [0.2, 0.25) is 0 Å². The van der Waals surface area contributed by atoms with E-state index in [1.54, 1.807) is 7.11 Å². The monoisotopic (exact) mass is 330 g/mol. The third-order valence-corrected chi connectivity index (χ3v) is 4.90. The molecule has 2 atom stereocenters. The zero-order valence-electron chi connectivity index (χ0n) is 13.8. The minimum Gasteiger partial charge on any atom is -0.496 e. The van der Waals surface area contributed by atoms with Crippen molar-refractivity contribution >= 4 is 17.7 Å². The number of likely N-dealkylation sites (tertiary alicyclic amines) is 1. The van der Waals surface area contributed by atoms with Crippen molar-refractivity contribution in [2.75, 3.05) is 13.7 Å². The van der Waals surface area contributed by atoms with Crippen LogP contribution in [-0.2, 0) is 20.9 Å². The van der Waals surface area contributed by atoms with Crippen molar-refractivity contribution in [3.05, 3.63) is 29.8 Å². The molecule has 1 aliphatic heterocycles. The van der Waals surface area contributed by atoms with Crippen molar-refractivity contribution in [2.45, 2.75) is 32.2 Å². The minimum atomic E-state index is -0.332. The van der Waals surface area contributed by atoms with Crippen molar-refractivity contribution in [1.82, 2.24) is 10.2 Å². The van der Waals surface area contributed by atoms with Crippen LogP contribution in [0.1, 0.15) is 31.2 Å². The molecule has 1 aromatic carbocycles. The lowest BCUT2D eigenvalue weighted by Crippen LogP contribution is -2.40. The Labute approximate surface area is 141 Å². The van der Waals surface area contributed by atoms with Gasteiger partial charge in [0, 0.05) is 12.1 Å². The molecule has 3 rings (SSSR count). The molecule has 6 heteroatoms. The number of amides is 3. The molecule has 2 fully saturated rings. The van der Waals surface area contributed by atoms with Crippen LogP contribution in [0.5, 0.6) is 5.75 Å². The topological polar surface area (TPSA) is 75.7 Å². The van der Waals surface area contributed by atoms with Crippen molar-refractivity contribution < 1.29 is 19.1 Å². The predicted molar refractivity (Wildman–Crippen MR) is 87.0 cm³/mol. The molecule has 2 unspecified atom stereocenters. The first kappa shape index (κ1) is 16.5. The summed E-state index contributed by atoms with van der Waals surface area (Å²) in [5.41, 5.74) is 0.848. The summed E-state index contributed by atoms with van der Waals surface area (Å²) in [5, 5.41) is 2.76. The molecule has 24 heavy (non-hydrogen) atoms. The van der Waals surface area contributed by atoms with E-state index in [0.29, 0.717) is 12.3 Å². The van der Waals surface area contributed by atoms with E-state index in [1.807, 2.05) is 24.3 Å². The largest absolute Gasteiger partial charge is 0.496 e. The lowest BCUT2D eigenvalue weighted by atomic mass is 9.81. The highest BCUT2D eigenvalue weighted by Gasteiger charge is 2.48. The fourth-order valence-electron chi connectivity index (χ4n) is 3.63. The number of ether oxygens (including phenoxy) is 1. The van der Waals surface area contributed by atoms with Gasteiger partial charge >= 0.3 is 0 Å². The summed E-state index contributed by atoms with van der Waals surface area (Å²) in [4.78, 5) is 38.0. The second-order valence-corrected chi connectivity index (χ2v) is 6.35. The highest BCUT2D eigenvalue weighted by atomic mass is 16.5. The number of carbonyl (C=O) groups is 3. The Bertz CT molecular complexity index is 634. The molecule has 3 amide bonds. The van der Waals surface area contributed by atoms with Gasteiger partial charge in [0.25, 0.3) is 0 Å². The Morgan fingerprint density at radius 1 is 1.17 bits per heavy atom. The molecule has 6 nitrogen and oxygen atoms in total. The lowest BCUT2D eigenvalue weighted by molar-refractivity contribution is -0.143. The molecule has 2 aliphatic rings. The first-order valence-electron chi connectivity index (χ1n) is 8.35. The number of rotatable bonds is 5. The molecule has 0 aromatic heterocycles. The van der Waals surface area contributed by atoms with Gasteiger partial charge in [-0.05, 0) is 18.9 Å². The maximum Gasteiger partial charge on any atom is 0.240 e. The Balaban J connectivity index is 1.59. The number of methoxy groups -OCH3 is 1. The van der Waals surface area contributed by atoms with Gasteiger partial charge in [0.2, 0.25) is 17.7 Å². The highest BCUT2D eigenvalue weighted by Crippen LogP contribution is 2.37. The molecule has 1 heterocycles. The maximum absolute atomic E-state index is 12.4. The minimum absolute atomic E-state index is 0.183. The standard InChI is InChI=1S/C18H22N2O4/c1-24-15-9-5-2-6-12(15)10-19-16(21)11-20-17(22)13-7-3-4-8-14(13)18(20)23/h2,5-6,9,13-14H,3-4,7-8,10-11H2,1H3,(H,19,21). The van der Waals surface area contributed by atoms with Gasteiger partial charge < -0.3 is 10.1 Å². The van der Waals surface area contributed by atoms with Crippen LogP contribution in [0, 0.1) is 11.8 Å². The van der Waals surface area contributed by atoms with E-state index in [9.17, 15) is 14.4 Å². The molecule has 1 N–H and O–H groups in total. The number of fused-ring (bicyclic) bond motifs is 1. The first-order valence-corrected chi connectivity index (χ1v) is 8.35. The van der Waals surface area contributed by atoms with E-state index < -0.39 is 0 Å². The number of imide groups is 1. The van der Waals surface area contributed by atoms with Crippen LogP contribution in [0.15, 0.2) is 24.3 Å². The molecule has 0 radical (unpaired) electrons. The maximum atomic E-state index is 12.4. The summed E-state index contributed by atoms with van der Waals surface area (Å²) in [6.07, 6.45) is 3.48. The number of nitrogens with zero attached hydrogens (tertiary/aromatic N) is 1. The predicted octanol–water partition coefficient (Wildman–Crippen LogP) is 1.49. The summed E-state index contributed by atoms with van der Waals surface area (Å²) in [5.74, 6) is -0.436. The molecule has 128 valence electrons. The zero-order chi connectivity index (χ0) is 17.1. The van der Waals surface area contributed by atoms with Crippen LogP contribution >= 0.6 is 0 Å². The first-order chi connectivity index (χ1) is 11.6. The van der Waals surface area contributed by atoms with E-state index in [2.05, 4.69) is 5.32 Å². The molecular weight excluding hydrogens is 308 g/mol. The van der Waals surface area contributed by atoms with E-state index >= 15 is 0 Å². The van der Waals surface area contributed by atoms with Crippen LogP contribution in [0.4, 0.5) is 0 Å². The quantitative estimate of drug-likeness (QED) is 0.830. The fraction of sp³-hybridized carbons (Fsp3) is 0.500. The highest BCUT2D eigenvalue weighted by molar-refractivity contribution is 6.07. The third-order valence-electron chi connectivity index (χ3n) is 4.90. The van der Waals surface area contributed by atoms with Crippen molar-refractivity contribution in [3.63, 3.8) is 0 Å². The SMILES string of the molecule is COc1ccccc1CNC(=O)CN1C(=O)C2CCCCC2C1=O. The number of para-hydroxylation sites is 1. The zero-order valence-corrected chi connectivity index (χ0v) is 13.8. The average Bonchev–Trinajstić information content (AvgIpc) is 2.85. The third kappa shape index (κ3) is 3.13. The normalized spacial score (nSPS) is 23.1. The molecule has 0 spiro atoms. The summed E-state index contributed by atoms with van der Waals surface area (Å²) >= 11 is 0. The Morgan fingerprint density at radius 2 is 1.79 bits per heavy atom. The van der Waals surface area contributed by atoms with Gasteiger partial charge in [0.15, 0.2) is 0 Å². The molecule has 1 saturated carbocycles. The van der Waals surface area contributed by atoms with Gasteiger partial charge in [-0.25, -0.2) is 0 Å². The van der Waals surface area contributed by atoms with E-state index in [0.717, 1.165) is 36.1 Å². The number of carbonyl (C=O) groups excluding carboxylic acids is 3. The molecule has 1 aliphatic carbocycles. The number of hydrogen-bond acceptors (Lipinski definition) is 4. The second kappa shape index (κ2) is 7.03. The van der Waals surface area contributed by atoms with E-state index in [4.69, 9.17) is 4.74 Å². The molecule has 0 bridgehead atoms. The van der Waals surface area contributed by atoms with Gasteiger partial charge in [-0.2, -0.15) is 0 Å². The number of hydrogen-bond donors (Lipinski definition) is 1. The summed E-state index contributed by atoms with van der Waals surface area (Å²) in [6, 6.07) is 7.40. The number of benzene rings is 1. The van der Waals surface area contributed by atoms with E-state index in [-0.39, 0.29) is 36.1 Å². The van der Waals surface area contributed by atoms with Gasteiger partial charge in [0.1, 0.15) is 12.3 Å². The molecule has 1 aromatic rings. The van der Waals surface area contributed by atoms with Crippen LogP contribution in [-0.4, -0.2) is 36.3 Å². The van der Waals surface area contributed by atoms with Crippen LogP contribution in [0.3, 0.4) is 0 Å². The Hall–Kier alpha value is -2.37. The molecule has 1 saturated heterocycles. The van der Waals surface area contributed by atoms with Gasteiger partial charge in [-0.1, -0.05) is 31.0 Å². The average molecular weight is 330 g/mol. The van der Waals surface area contributed by atoms with E-state index in [1.165, 1.54) is 0 Å². The Morgan fingerprint density at radius 3 is 2.42 bits per heavy atom. The molecular formula is C18H22N2O4.